The van der Waals surface area contributed by atoms with E-state index >= 15 is 0 Å². The lowest BCUT2D eigenvalue weighted by atomic mass is 10.0. The van der Waals surface area contributed by atoms with Crippen molar-refractivity contribution in [1.29, 1.82) is 0 Å². The molecule has 0 saturated heterocycles. The van der Waals surface area contributed by atoms with Crippen LogP contribution < -0.4 is 5.32 Å². The monoisotopic (exact) mass is 259 g/mol. The highest BCUT2D eigenvalue weighted by molar-refractivity contribution is 6.31. The highest BCUT2D eigenvalue weighted by atomic mass is 35.5. The first-order valence-corrected chi connectivity index (χ1v) is 6.13. The van der Waals surface area contributed by atoms with Crippen LogP contribution in [0.4, 0.5) is 5.69 Å². The highest BCUT2D eigenvalue weighted by Crippen LogP contribution is 2.20. The van der Waals surface area contributed by atoms with Crippen LogP contribution in [0.5, 0.6) is 0 Å². The van der Waals surface area contributed by atoms with Crippen LogP contribution in [0.25, 0.3) is 0 Å². The molecule has 3 heteroatoms. The summed E-state index contributed by atoms with van der Waals surface area (Å²) in [6.45, 7) is 0. The molecular formula is C15H14ClNO. The molecule has 0 fully saturated rings. The first kappa shape index (κ1) is 12.7. The van der Waals surface area contributed by atoms with E-state index in [1.807, 2.05) is 49.5 Å². The van der Waals surface area contributed by atoms with Gasteiger partial charge in [0, 0.05) is 29.7 Å². The Labute approximate surface area is 112 Å². The van der Waals surface area contributed by atoms with Crippen molar-refractivity contribution in [2.45, 2.75) is 6.42 Å². The Kier molecular flexibility index (Phi) is 4.00. The predicted molar refractivity (Wildman–Crippen MR) is 75.5 cm³/mol. The molecular weight excluding hydrogens is 246 g/mol. The van der Waals surface area contributed by atoms with E-state index in [1.54, 1.807) is 6.07 Å². The number of halogens is 1. The number of anilines is 1. The van der Waals surface area contributed by atoms with Gasteiger partial charge in [-0.15, -0.1) is 0 Å². The number of carbonyl (C=O) groups excluding carboxylic acids is 1. The van der Waals surface area contributed by atoms with Crippen molar-refractivity contribution in [2.75, 3.05) is 12.4 Å². The third kappa shape index (κ3) is 2.71. The third-order valence-corrected chi connectivity index (χ3v) is 3.17. The van der Waals surface area contributed by atoms with Gasteiger partial charge < -0.3 is 5.32 Å². The van der Waals surface area contributed by atoms with Crippen molar-refractivity contribution >= 4 is 23.1 Å². The Morgan fingerprint density at radius 2 is 1.78 bits per heavy atom. The molecule has 0 aliphatic carbocycles. The van der Waals surface area contributed by atoms with E-state index in [1.165, 1.54) is 0 Å². The van der Waals surface area contributed by atoms with Gasteiger partial charge in [-0.2, -0.15) is 0 Å². The van der Waals surface area contributed by atoms with Crippen LogP contribution in [-0.2, 0) is 6.42 Å². The average molecular weight is 260 g/mol. The zero-order chi connectivity index (χ0) is 13.0. The average Bonchev–Trinajstić information content (AvgIpc) is 2.41. The summed E-state index contributed by atoms with van der Waals surface area (Å²) < 4.78 is 0. The van der Waals surface area contributed by atoms with E-state index in [4.69, 9.17) is 11.6 Å². The molecule has 0 unspecified atom stereocenters. The van der Waals surface area contributed by atoms with Gasteiger partial charge in [0.25, 0.3) is 0 Å². The molecule has 0 atom stereocenters. The Balaban J connectivity index is 2.25. The molecule has 92 valence electrons. The molecule has 0 saturated carbocycles. The van der Waals surface area contributed by atoms with Crippen LogP contribution in [-0.4, -0.2) is 12.8 Å². The van der Waals surface area contributed by atoms with E-state index in [0.717, 1.165) is 11.3 Å². The Morgan fingerprint density at radius 3 is 2.50 bits per heavy atom. The summed E-state index contributed by atoms with van der Waals surface area (Å²) >= 11 is 6.06. The molecule has 0 heterocycles. The molecule has 0 spiro atoms. The molecule has 0 aliphatic heterocycles. The highest BCUT2D eigenvalue weighted by Gasteiger charge is 2.12. The first-order valence-electron chi connectivity index (χ1n) is 5.75. The Morgan fingerprint density at radius 1 is 1.11 bits per heavy atom. The second-order valence-corrected chi connectivity index (χ2v) is 4.39. The second-order valence-electron chi connectivity index (χ2n) is 3.99. The zero-order valence-electron chi connectivity index (χ0n) is 10.1. The van der Waals surface area contributed by atoms with Crippen LogP contribution in [0, 0.1) is 0 Å². The minimum atomic E-state index is 0.0630. The predicted octanol–water partition coefficient (Wildman–Crippen LogP) is 3.81. The summed E-state index contributed by atoms with van der Waals surface area (Å²) in [5, 5.41) is 3.66. The SMILES string of the molecule is CNc1ccccc1C(=O)Cc1ccccc1Cl. The van der Waals surface area contributed by atoms with E-state index in [9.17, 15) is 4.79 Å². The molecule has 2 aromatic carbocycles. The minimum absolute atomic E-state index is 0.0630. The molecule has 0 aromatic heterocycles. The number of hydrogen-bond donors (Lipinski definition) is 1. The van der Waals surface area contributed by atoms with Crippen molar-refractivity contribution in [2.24, 2.45) is 0 Å². The molecule has 0 radical (unpaired) electrons. The quantitative estimate of drug-likeness (QED) is 0.846. The summed E-state index contributed by atoms with van der Waals surface area (Å²) in [5.74, 6) is 0.0630. The lowest BCUT2D eigenvalue weighted by Gasteiger charge is -2.08. The van der Waals surface area contributed by atoms with Crippen molar-refractivity contribution in [1.82, 2.24) is 0 Å². The molecule has 0 aliphatic rings. The smallest absolute Gasteiger partial charge is 0.169 e. The number of ketones is 1. The Hall–Kier alpha value is -1.80. The number of para-hydroxylation sites is 1. The molecule has 1 N–H and O–H groups in total. The van der Waals surface area contributed by atoms with Crippen LogP contribution in [0.3, 0.4) is 0 Å². The van der Waals surface area contributed by atoms with Gasteiger partial charge in [0.15, 0.2) is 5.78 Å². The van der Waals surface area contributed by atoms with Gasteiger partial charge in [-0.05, 0) is 23.8 Å². The number of rotatable bonds is 4. The topological polar surface area (TPSA) is 29.1 Å². The van der Waals surface area contributed by atoms with Gasteiger partial charge in [-0.3, -0.25) is 4.79 Å². The summed E-state index contributed by atoms with van der Waals surface area (Å²) in [6, 6.07) is 14.9. The number of nitrogens with one attached hydrogen (secondary N) is 1. The van der Waals surface area contributed by atoms with E-state index < -0.39 is 0 Å². The van der Waals surface area contributed by atoms with Crippen molar-refractivity contribution in [3.8, 4) is 0 Å². The number of carbonyl (C=O) groups is 1. The fourth-order valence-corrected chi connectivity index (χ4v) is 2.06. The van der Waals surface area contributed by atoms with Gasteiger partial charge in [0.05, 0.1) is 0 Å². The van der Waals surface area contributed by atoms with Crippen molar-refractivity contribution in [3.63, 3.8) is 0 Å². The largest absolute Gasteiger partial charge is 0.388 e. The zero-order valence-corrected chi connectivity index (χ0v) is 10.9. The Bertz CT molecular complexity index is 566. The summed E-state index contributed by atoms with van der Waals surface area (Å²) in [5.41, 5.74) is 2.39. The van der Waals surface area contributed by atoms with Crippen LogP contribution in [0.15, 0.2) is 48.5 Å². The van der Waals surface area contributed by atoms with Crippen molar-refractivity contribution < 1.29 is 4.79 Å². The molecule has 0 bridgehead atoms. The second kappa shape index (κ2) is 5.69. The summed E-state index contributed by atoms with van der Waals surface area (Å²) in [4.78, 5) is 12.2. The van der Waals surface area contributed by atoms with Crippen LogP contribution in [0.2, 0.25) is 5.02 Å². The van der Waals surface area contributed by atoms with Crippen LogP contribution in [0.1, 0.15) is 15.9 Å². The molecule has 18 heavy (non-hydrogen) atoms. The van der Waals surface area contributed by atoms with Gasteiger partial charge in [-0.25, -0.2) is 0 Å². The van der Waals surface area contributed by atoms with Crippen molar-refractivity contribution in [3.05, 3.63) is 64.7 Å². The maximum atomic E-state index is 12.2. The standard InChI is InChI=1S/C15H14ClNO/c1-17-14-9-5-3-7-12(14)15(18)10-11-6-2-4-8-13(11)16/h2-9,17H,10H2,1H3. The number of Topliss-reactive ketones (excluding diaryl/α,β-unsaturated/α-hetero) is 1. The van der Waals surface area contributed by atoms with E-state index in [-0.39, 0.29) is 5.78 Å². The third-order valence-electron chi connectivity index (χ3n) is 2.81. The molecule has 2 aromatic rings. The van der Waals surface area contributed by atoms with Gasteiger partial charge in [0.1, 0.15) is 0 Å². The van der Waals surface area contributed by atoms with E-state index in [0.29, 0.717) is 17.0 Å². The maximum absolute atomic E-state index is 12.2. The van der Waals surface area contributed by atoms with Crippen LogP contribution >= 0.6 is 11.6 Å². The molecule has 0 amide bonds. The van der Waals surface area contributed by atoms with Gasteiger partial charge >= 0.3 is 0 Å². The number of benzene rings is 2. The molecule has 2 rings (SSSR count). The normalized spacial score (nSPS) is 10.1. The van der Waals surface area contributed by atoms with Gasteiger partial charge in [-0.1, -0.05) is 41.9 Å². The maximum Gasteiger partial charge on any atom is 0.169 e. The summed E-state index contributed by atoms with van der Waals surface area (Å²) in [7, 11) is 1.81. The lowest BCUT2D eigenvalue weighted by Crippen LogP contribution is -2.07. The lowest BCUT2D eigenvalue weighted by molar-refractivity contribution is 0.0994. The fraction of sp³-hybridized carbons (Fsp3) is 0.133. The minimum Gasteiger partial charge on any atom is -0.388 e. The summed E-state index contributed by atoms with van der Waals surface area (Å²) in [6.07, 6.45) is 0.318. The first-order chi connectivity index (χ1) is 8.72. The van der Waals surface area contributed by atoms with E-state index in [2.05, 4.69) is 5.32 Å². The molecule has 2 nitrogen and oxygen atoms in total. The fourth-order valence-electron chi connectivity index (χ4n) is 1.85. The van der Waals surface area contributed by atoms with Gasteiger partial charge in [0.2, 0.25) is 0 Å². The number of hydrogen-bond acceptors (Lipinski definition) is 2.